The van der Waals surface area contributed by atoms with Crippen molar-refractivity contribution in [2.24, 2.45) is 0 Å². The first-order valence-electron chi connectivity index (χ1n) is 3.22. The van der Waals surface area contributed by atoms with Crippen molar-refractivity contribution in [3.05, 3.63) is 0 Å². The van der Waals surface area contributed by atoms with Gasteiger partial charge in [0, 0.05) is 27.5 Å². The molecule has 3 unspecified atom stereocenters. The molecule has 0 rings (SSSR count). The van der Waals surface area contributed by atoms with Crippen molar-refractivity contribution in [2.75, 3.05) is 6.61 Å². The third kappa shape index (κ3) is 4.95. The second kappa shape index (κ2) is 7.83. The molecular formula is C6H12O5Pt. The molecule has 0 fully saturated rings. The summed E-state index contributed by atoms with van der Waals surface area (Å²) in [5, 5.41) is 34.8. The van der Waals surface area contributed by atoms with Crippen LogP contribution in [0.2, 0.25) is 0 Å². The van der Waals surface area contributed by atoms with Crippen LogP contribution in [0.1, 0.15) is 6.42 Å². The van der Waals surface area contributed by atoms with E-state index in [0.29, 0.717) is 6.29 Å². The van der Waals surface area contributed by atoms with Crippen molar-refractivity contribution in [3.8, 4) is 0 Å². The number of aliphatic hydroxyl groups is 4. The van der Waals surface area contributed by atoms with E-state index in [1.54, 1.807) is 0 Å². The molecule has 0 amide bonds. The van der Waals surface area contributed by atoms with Crippen molar-refractivity contribution >= 4 is 6.29 Å². The summed E-state index contributed by atoms with van der Waals surface area (Å²) in [4.78, 5) is 9.82. The molecule has 12 heavy (non-hydrogen) atoms. The predicted molar refractivity (Wildman–Crippen MR) is 35.8 cm³/mol. The standard InChI is InChI=1S/C6H12O5.Pt/c7-2-1-4(9)6(11)5(10)3-8;/h2,4-6,8-11H,1,3H2;. The largest absolute Gasteiger partial charge is 0.394 e. The van der Waals surface area contributed by atoms with E-state index < -0.39 is 24.9 Å². The molecule has 0 radical (unpaired) electrons. The zero-order valence-electron chi connectivity index (χ0n) is 6.24. The first kappa shape index (κ1) is 14.7. The van der Waals surface area contributed by atoms with Crippen molar-refractivity contribution in [1.82, 2.24) is 0 Å². The van der Waals surface area contributed by atoms with Gasteiger partial charge in [0.2, 0.25) is 0 Å². The normalized spacial score (nSPS) is 17.3. The van der Waals surface area contributed by atoms with Gasteiger partial charge >= 0.3 is 0 Å². The molecule has 0 aromatic carbocycles. The van der Waals surface area contributed by atoms with Gasteiger partial charge in [0.15, 0.2) is 0 Å². The molecule has 5 nitrogen and oxygen atoms in total. The fourth-order valence-electron chi connectivity index (χ4n) is 0.602. The fourth-order valence-corrected chi connectivity index (χ4v) is 0.602. The van der Waals surface area contributed by atoms with Gasteiger partial charge in [0.05, 0.1) is 12.7 Å². The summed E-state index contributed by atoms with van der Waals surface area (Å²) < 4.78 is 0. The molecular weight excluding hydrogens is 347 g/mol. The minimum atomic E-state index is -1.47. The van der Waals surface area contributed by atoms with Crippen LogP contribution in [0.3, 0.4) is 0 Å². The van der Waals surface area contributed by atoms with Crippen LogP contribution in [-0.2, 0) is 25.9 Å². The molecule has 0 saturated heterocycles. The van der Waals surface area contributed by atoms with Crippen LogP contribution in [0.25, 0.3) is 0 Å². The smallest absolute Gasteiger partial charge is 0.122 e. The summed E-state index contributed by atoms with van der Waals surface area (Å²) in [6.45, 7) is -0.642. The van der Waals surface area contributed by atoms with Gasteiger partial charge in [0.25, 0.3) is 0 Å². The van der Waals surface area contributed by atoms with Gasteiger partial charge in [-0.05, 0) is 0 Å². The zero-order valence-corrected chi connectivity index (χ0v) is 8.51. The Morgan fingerprint density at radius 2 is 1.67 bits per heavy atom. The van der Waals surface area contributed by atoms with Crippen LogP contribution in [0, 0.1) is 0 Å². The Morgan fingerprint density at radius 3 is 2.00 bits per heavy atom. The van der Waals surface area contributed by atoms with Gasteiger partial charge in [0.1, 0.15) is 18.5 Å². The van der Waals surface area contributed by atoms with Crippen LogP contribution in [-0.4, -0.2) is 51.6 Å². The molecule has 0 aromatic heterocycles. The zero-order chi connectivity index (χ0) is 8.85. The Balaban J connectivity index is 0. The molecule has 0 bridgehead atoms. The Hall–Kier alpha value is 0.198. The third-order valence-corrected chi connectivity index (χ3v) is 1.31. The summed E-state index contributed by atoms with van der Waals surface area (Å²) in [6.07, 6.45) is -4.00. The van der Waals surface area contributed by atoms with Crippen molar-refractivity contribution in [3.63, 3.8) is 0 Å². The van der Waals surface area contributed by atoms with Crippen LogP contribution in [0.4, 0.5) is 0 Å². The first-order valence-corrected chi connectivity index (χ1v) is 3.22. The molecule has 0 spiro atoms. The molecule has 0 aliphatic carbocycles. The Labute approximate surface area is 84.3 Å². The molecule has 6 heteroatoms. The summed E-state index contributed by atoms with van der Waals surface area (Å²) in [7, 11) is 0. The molecule has 0 aromatic rings. The number of hydrogen-bond acceptors (Lipinski definition) is 5. The molecule has 0 aliphatic heterocycles. The number of aldehydes is 1. The van der Waals surface area contributed by atoms with Crippen LogP contribution in [0.15, 0.2) is 0 Å². The second-order valence-corrected chi connectivity index (χ2v) is 2.21. The summed E-state index contributed by atoms with van der Waals surface area (Å²) in [6, 6.07) is 0. The van der Waals surface area contributed by atoms with Crippen LogP contribution in [0.5, 0.6) is 0 Å². The Morgan fingerprint density at radius 1 is 1.17 bits per heavy atom. The van der Waals surface area contributed by atoms with Crippen molar-refractivity contribution in [2.45, 2.75) is 24.7 Å². The van der Waals surface area contributed by atoms with E-state index in [1.807, 2.05) is 0 Å². The van der Waals surface area contributed by atoms with E-state index >= 15 is 0 Å². The van der Waals surface area contributed by atoms with Gasteiger partial charge in [-0.25, -0.2) is 0 Å². The number of carbonyl (C=O) groups excluding carboxylic acids is 1. The number of hydrogen-bond donors (Lipinski definition) is 4. The predicted octanol–water partition coefficient (Wildman–Crippen LogP) is -2.35. The average molecular weight is 359 g/mol. The summed E-state index contributed by atoms with van der Waals surface area (Å²) >= 11 is 0. The van der Waals surface area contributed by atoms with Crippen LogP contribution >= 0.6 is 0 Å². The molecule has 0 aliphatic rings. The van der Waals surface area contributed by atoms with Gasteiger partial charge in [-0.15, -0.1) is 0 Å². The molecule has 3 atom stereocenters. The van der Waals surface area contributed by atoms with Crippen molar-refractivity contribution < 1.29 is 46.3 Å². The maximum atomic E-state index is 9.82. The molecule has 0 saturated carbocycles. The topological polar surface area (TPSA) is 98.0 Å². The molecule has 4 N–H and O–H groups in total. The Bertz CT molecular complexity index is 121. The number of carbonyl (C=O) groups is 1. The minimum absolute atomic E-state index is 0. The number of aliphatic hydroxyl groups excluding tert-OH is 4. The van der Waals surface area contributed by atoms with E-state index in [0.717, 1.165) is 0 Å². The van der Waals surface area contributed by atoms with Gasteiger partial charge in [-0.3, -0.25) is 0 Å². The average Bonchev–Trinajstić information content (AvgIpc) is 2.02. The fraction of sp³-hybridized carbons (Fsp3) is 0.833. The third-order valence-electron chi connectivity index (χ3n) is 1.31. The van der Waals surface area contributed by atoms with Crippen LogP contribution < -0.4 is 0 Å². The number of rotatable bonds is 5. The van der Waals surface area contributed by atoms with Gasteiger partial charge < -0.3 is 25.2 Å². The maximum Gasteiger partial charge on any atom is 0.122 e. The minimum Gasteiger partial charge on any atom is -0.394 e. The van der Waals surface area contributed by atoms with E-state index in [9.17, 15) is 4.79 Å². The van der Waals surface area contributed by atoms with E-state index in [1.165, 1.54) is 0 Å². The maximum absolute atomic E-state index is 9.82. The summed E-state index contributed by atoms with van der Waals surface area (Å²) in [5.74, 6) is 0. The quantitative estimate of drug-likeness (QED) is 0.412. The van der Waals surface area contributed by atoms with E-state index in [2.05, 4.69) is 0 Å². The van der Waals surface area contributed by atoms with Gasteiger partial charge in [-0.1, -0.05) is 0 Å². The monoisotopic (exact) mass is 359 g/mol. The second-order valence-electron chi connectivity index (χ2n) is 2.21. The first-order chi connectivity index (χ1) is 5.13. The van der Waals surface area contributed by atoms with E-state index in [-0.39, 0.29) is 27.5 Å². The molecule has 76 valence electrons. The summed E-state index contributed by atoms with van der Waals surface area (Å²) in [5.41, 5.74) is 0. The molecule has 0 heterocycles. The van der Waals surface area contributed by atoms with Crippen molar-refractivity contribution in [1.29, 1.82) is 0 Å². The Kier molecular flexibility index (Phi) is 9.59. The SMILES string of the molecule is O=CCC(O)C(O)C(O)CO.[Pt]. The van der Waals surface area contributed by atoms with Gasteiger partial charge in [-0.2, -0.15) is 0 Å². The van der Waals surface area contributed by atoms with E-state index in [4.69, 9.17) is 20.4 Å².